The van der Waals surface area contributed by atoms with Crippen molar-refractivity contribution in [2.24, 2.45) is 65.8 Å². The molecule has 0 spiro atoms. The van der Waals surface area contributed by atoms with Gasteiger partial charge in [-0.25, -0.2) is 0 Å². The van der Waals surface area contributed by atoms with Crippen molar-refractivity contribution in [3.8, 4) is 11.5 Å². The van der Waals surface area contributed by atoms with E-state index < -0.39 is 11.8 Å². The number of rotatable bonds is 22. The third-order valence-corrected chi connectivity index (χ3v) is 10.1. The van der Waals surface area contributed by atoms with Crippen LogP contribution in [0, 0.1) is 0 Å². The van der Waals surface area contributed by atoms with Crippen molar-refractivity contribution >= 4 is 93.1 Å². The van der Waals surface area contributed by atoms with Crippen LogP contribution in [0.5, 0.6) is 11.5 Å². The van der Waals surface area contributed by atoms with Gasteiger partial charge in [-0.2, -0.15) is 0 Å². The van der Waals surface area contributed by atoms with E-state index in [-0.39, 0.29) is 85.9 Å². The molecule has 0 heterocycles. The molecule has 3 aromatic rings. The molecule has 0 fully saturated rings. The Morgan fingerprint density at radius 3 is 1.25 bits per heavy atom. The van der Waals surface area contributed by atoms with E-state index in [0.717, 1.165) is 0 Å². The van der Waals surface area contributed by atoms with Gasteiger partial charge in [0.1, 0.15) is 24.7 Å². The van der Waals surface area contributed by atoms with Crippen LogP contribution in [0.4, 0.5) is 22.7 Å². The number of aliphatic imine (C=N–C) groups is 4. The summed E-state index contributed by atoms with van der Waals surface area (Å²) < 4.78 is 12.1. The van der Waals surface area contributed by atoms with Gasteiger partial charge >= 0.3 is 0 Å². The van der Waals surface area contributed by atoms with Gasteiger partial charge in [0, 0.05) is 28.9 Å². The number of hydrogen-bond donors (Lipinski definition) is 12. The number of guanidine groups is 4. The smallest absolute Gasteiger partial charge is 0.259 e. The Bertz CT molecular complexity index is 2040. The zero-order valence-electron chi connectivity index (χ0n) is 33.5. The molecule has 20 nitrogen and oxygen atoms in total. The molecule has 0 saturated heterocycles. The number of amides is 2. The molecule has 0 aliphatic heterocycles. The number of ether oxygens (including phenoxy) is 2. The summed E-state index contributed by atoms with van der Waals surface area (Å²) in [7, 11) is 0. The first-order valence-electron chi connectivity index (χ1n) is 18.1. The fourth-order valence-corrected chi connectivity index (χ4v) is 6.90. The number of nitrogens with two attached hydrogens (primary N) is 10. The molecule has 0 aromatic heterocycles. The third kappa shape index (κ3) is 14.8. The molecule has 2 amide bonds. The zero-order chi connectivity index (χ0) is 44.5. The minimum Gasteiger partial charge on any atom is -0.491 e. The highest BCUT2D eigenvalue weighted by Crippen LogP contribution is 2.39. The maximum atomic E-state index is 14.5. The Morgan fingerprint density at radius 2 is 0.917 bits per heavy atom. The summed E-state index contributed by atoms with van der Waals surface area (Å²) in [6.07, 6.45) is 0. The monoisotopic (exact) mass is 862 g/mol. The molecule has 0 atom stereocenters. The number of carbonyl (C=O) groups is 2. The topological polar surface area (TPSA) is 386 Å². The molecule has 3 aromatic carbocycles. The van der Waals surface area contributed by atoms with E-state index >= 15 is 0 Å². The van der Waals surface area contributed by atoms with Gasteiger partial charge in [0.05, 0.1) is 58.5 Å². The highest BCUT2D eigenvalue weighted by atomic mass is 32.2. The van der Waals surface area contributed by atoms with E-state index in [1.807, 2.05) is 0 Å². The van der Waals surface area contributed by atoms with Gasteiger partial charge in [0.2, 0.25) is 0 Å². The van der Waals surface area contributed by atoms with Crippen LogP contribution in [0.3, 0.4) is 0 Å². The van der Waals surface area contributed by atoms with Gasteiger partial charge < -0.3 is 77.4 Å². The number of nitrogens with one attached hydrogen (secondary N) is 2. The molecule has 0 aliphatic carbocycles. The fourth-order valence-electron chi connectivity index (χ4n) is 5.14. The van der Waals surface area contributed by atoms with E-state index in [2.05, 4.69) is 43.8 Å². The lowest BCUT2D eigenvalue weighted by Crippen LogP contribution is -2.24. The number of nitrogen functional groups attached to an aromatic ring is 2. The summed E-state index contributed by atoms with van der Waals surface area (Å²) in [4.78, 5) is 46.0. The van der Waals surface area contributed by atoms with Crippen LogP contribution in [-0.4, -0.2) is 86.6 Å². The van der Waals surface area contributed by atoms with Crippen molar-refractivity contribution in [3.63, 3.8) is 0 Å². The fraction of sp³-hybridized carbons (Fsp3) is 0.263. The molecule has 60 heavy (non-hydrogen) atoms. The van der Waals surface area contributed by atoms with Crippen molar-refractivity contribution in [2.45, 2.75) is 23.6 Å². The number of benzene rings is 3. The van der Waals surface area contributed by atoms with Crippen molar-refractivity contribution in [3.05, 3.63) is 71.8 Å². The van der Waals surface area contributed by atoms with Gasteiger partial charge in [-0.1, -0.05) is 24.3 Å². The Balaban J connectivity index is 2.22. The van der Waals surface area contributed by atoms with Gasteiger partial charge in [0.25, 0.3) is 11.8 Å². The van der Waals surface area contributed by atoms with E-state index in [0.29, 0.717) is 66.3 Å². The first-order valence-corrected chi connectivity index (χ1v) is 20.1. The van der Waals surface area contributed by atoms with Gasteiger partial charge in [0.15, 0.2) is 23.8 Å². The average molecular weight is 863 g/mol. The minimum atomic E-state index is -0.665. The number of nitrogens with zero attached hydrogens (tertiary/aromatic N) is 4. The van der Waals surface area contributed by atoms with Crippen LogP contribution >= 0.6 is 23.5 Å². The molecule has 22 heteroatoms. The van der Waals surface area contributed by atoms with E-state index in [9.17, 15) is 9.59 Å². The lowest BCUT2D eigenvalue weighted by atomic mass is 10.0. The van der Waals surface area contributed by atoms with Crippen molar-refractivity contribution in [2.75, 3.05) is 73.0 Å². The minimum absolute atomic E-state index is 0.0298. The quantitative estimate of drug-likeness (QED) is 0.0224. The Morgan fingerprint density at radius 1 is 0.567 bits per heavy atom. The van der Waals surface area contributed by atoms with Crippen LogP contribution in [0.2, 0.25) is 0 Å². The number of carbonyl (C=O) groups excluding carboxylic acids is 2. The molecule has 0 aliphatic rings. The van der Waals surface area contributed by atoms with Gasteiger partial charge in [-0.3, -0.25) is 29.6 Å². The Labute approximate surface area is 356 Å². The number of hydrogen-bond acceptors (Lipinski definition) is 12. The highest BCUT2D eigenvalue weighted by Gasteiger charge is 2.25. The lowest BCUT2D eigenvalue weighted by Gasteiger charge is -2.20. The van der Waals surface area contributed by atoms with Crippen molar-refractivity contribution in [1.82, 2.24) is 0 Å². The van der Waals surface area contributed by atoms with Crippen molar-refractivity contribution < 1.29 is 19.1 Å². The van der Waals surface area contributed by atoms with E-state index in [4.69, 9.17) is 66.8 Å². The predicted octanol–water partition coefficient (Wildman–Crippen LogP) is 1.46. The first kappa shape index (κ1) is 47.4. The third-order valence-electron chi connectivity index (χ3n) is 7.84. The van der Waals surface area contributed by atoms with Crippen LogP contribution in [-0.2, 0) is 0 Å². The maximum Gasteiger partial charge on any atom is 0.259 e. The number of thioether (sulfide) groups is 2. The van der Waals surface area contributed by atoms with Crippen LogP contribution in [0.1, 0.15) is 45.7 Å². The van der Waals surface area contributed by atoms with Gasteiger partial charge in [-0.15, -0.1) is 23.5 Å². The predicted molar refractivity (Wildman–Crippen MR) is 249 cm³/mol. The normalized spacial score (nSPS) is 10.4. The standard InChI is InChI=1S/C38H54N16O4S2/c1-19(2)21-13-25(39)31(59-11-7-51-37(45)46)27(15-21)53-33(55)23-17-24(30(58-10-6-50-36(43)44)18-29(23)57-9-5-49-35(41)42)34(56)54-28-16-22(20(3)4)14-26(40)32(28)60-12-8-52-38(47)48/h13-18H,1,3,5-12,39-40H2,2,4H3,(H,53,55)(H,54,56)(H4,41,42,49)(H4,43,44,50)(H4,45,46,51)(H4,47,48,52). The highest BCUT2D eigenvalue weighted by molar-refractivity contribution is 7.99. The Hall–Kier alpha value is -6.94. The summed E-state index contributed by atoms with van der Waals surface area (Å²) in [6.45, 7) is 12.2. The maximum absolute atomic E-state index is 14.5. The van der Waals surface area contributed by atoms with E-state index in [1.54, 1.807) is 38.1 Å². The van der Waals surface area contributed by atoms with Crippen LogP contribution in [0.15, 0.2) is 79.3 Å². The molecule has 322 valence electrons. The summed E-state index contributed by atoms with van der Waals surface area (Å²) in [5.41, 5.74) is 61.2. The van der Waals surface area contributed by atoms with Crippen LogP contribution < -0.4 is 77.4 Å². The summed E-state index contributed by atoms with van der Waals surface area (Å²) in [6, 6.07) is 9.71. The molecular formula is C38H54N16O4S2. The summed E-state index contributed by atoms with van der Waals surface area (Å²) in [5.74, 6) is -0.843. The molecule has 3 rings (SSSR count). The molecule has 0 saturated carbocycles. The largest absolute Gasteiger partial charge is 0.491 e. The zero-order valence-corrected chi connectivity index (χ0v) is 35.2. The van der Waals surface area contributed by atoms with Gasteiger partial charge in [-0.05, 0) is 55.3 Å². The molecule has 22 N–H and O–H groups in total. The molecule has 0 unspecified atom stereocenters. The average Bonchev–Trinajstić information content (AvgIpc) is 3.16. The number of anilines is 4. The first-order chi connectivity index (χ1) is 28.4. The molecule has 0 bridgehead atoms. The van der Waals surface area contributed by atoms with Crippen molar-refractivity contribution in [1.29, 1.82) is 0 Å². The second kappa shape index (κ2) is 22.9. The number of allylic oxidation sites excluding steroid dienone is 2. The molecular weight excluding hydrogens is 809 g/mol. The molecule has 0 radical (unpaired) electrons. The second-order valence-corrected chi connectivity index (χ2v) is 15.0. The van der Waals surface area contributed by atoms with E-state index in [1.165, 1.54) is 35.7 Å². The summed E-state index contributed by atoms with van der Waals surface area (Å²) >= 11 is 2.66. The SMILES string of the molecule is C=C(C)c1cc(N)c(SCCN=C(N)N)c(NC(=O)c2cc(C(=O)Nc3cc(C(=C)C)cc(N)c3SCCN=C(N)N)c(OCCN=C(N)N)cc2OCCN=C(N)N)c1. The Kier molecular flexibility index (Phi) is 18.1. The lowest BCUT2D eigenvalue weighted by molar-refractivity contribution is 0.102. The second-order valence-electron chi connectivity index (χ2n) is 12.8. The van der Waals surface area contributed by atoms with Crippen LogP contribution in [0.25, 0.3) is 11.1 Å². The summed E-state index contributed by atoms with van der Waals surface area (Å²) in [5, 5.41) is 5.89.